The number of hydrogen-bond donors (Lipinski definition) is 0. The molecule has 0 heterocycles. The topological polar surface area (TPSA) is 12.4 Å². The van der Waals surface area contributed by atoms with Gasteiger partial charge in [0.2, 0.25) is 0 Å². The minimum absolute atomic E-state index is 0.733. The Labute approximate surface area is 143 Å². The minimum Gasteiger partial charge on any atom is -0.248 e. The fourth-order valence-electron chi connectivity index (χ4n) is 3.21. The summed E-state index contributed by atoms with van der Waals surface area (Å²) in [5, 5.41) is 0. The van der Waals surface area contributed by atoms with Crippen LogP contribution in [-0.4, -0.2) is 5.71 Å². The summed E-state index contributed by atoms with van der Waals surface area (Å²) >= 11 is 0. The van der Waals surface area contributed by atoms with Crippen molar-refractivity contribution in [3.05, 3.63) is 102 Å². The molecule has 1 aliphatic rings. The molecule has 0 aliphatic heterocycles. The highest BCUT2D eigenvalue weighted by Crippen LogP contribution is 2.37. The van der Waals surface area contributed by atoms with E-state index < -0.39 is 0 Å². The first-order chi connectivity index (χ1) is 11.9. The molecule has 0 atom stereocenters. The van der Waals surface area contributed by atoms with E-state index in [9.17, 15) is 0 Å². The summed E-state index contributed by atoms with van der Waals surface area (Å²) < 4.78 is 0. The van der Waals surface area contributed by atoms with E-state index in [1.807, 2.05) is 12.1 Å². The quantitative estimate of drug-likeness (QED) is 0.514. The molecule has 0 aromatic heterocycles. The second kappa shape index (κ2) is 6.84. The van der Waals surface area contributed by atoms with Crippen LogP contribution < -0.4 is 0 Å². The first kappa shape index (κ1) is 14.9. The minimum atomic E-state index is 0.733. The number of aliphatic imine (C=N–C) groups is 1. The largest absolute Gasteiger partial charge is 0.248 e. The Bertz CT molecular complexity index is 789. The zero-order valence-electron chi connectivity index (χ0n) is 13.7. The molecule has 1 fully saturated rings. The van der Waals surface area contributed by atoms with Crippen molar-refractivity contribution in [1.82, 2.24) is 0 Å². The first-order valence-electron chi connectivity index (χ1n) is 8.70. The van der Waals surface area contributed by atoms with Gasteiger partial charge in [0.1, 0.15) is 0 Å². The molecule has 1 heteroatoms. The number of hydrogen-bond acceptors (Lipinski definition) is 1. The van der Waals surface area contributed by atoms with E-state index in [0.717, 1.165) is 28.4 Å². The molecule has 1 aliphatic carbocycles. The van der Waals surface area contributed by atoms with Crippen LogP contribution in [0.15, 0.2) is 89.9 Å². The molecule has 0 saturated heterocycles. The zero-order chi connectivity index (χ0) is 16.2. The van der Waals surface area contributed by atoms with Crippen molar-refractivity contribution in [1.29, 1.82) is 0 Å². The average molecular weight is 311 g/mol. The molecule has 1 saturated carbocycles. The van der Waals surface area contributed by atoms with Gasteiger partial charge in [0.05, 0.1) is 11.4 Å². The Morgan fingerprint density at radius 3 is 1.88 bits per heavy atom. The van der Waals surface area contributed by atoms with Gasteiger partial charge in [-0.15, -0.1) is 0 Å². The summed E-state index contributed by atoms with van der Waals surface area (Å²) in [6.07, 6.45) is 3.99. The Morgan fingerprint density at radius 2 is 1.33 bits per heavy atom. The molecule has 0 bridgehead atoms. The van der Waals surface area contributed by atoms with E-state index in [2.05, 4.69) is 72.8 Å². The van der Waals surface area contributed by atoms with Crippen molar-refractivity contribution in [3.8, 4) is 0 Å². The van der Waals surface area contributed by atoms with Crippen LogP contribution in [0.3, 0.4) is 0 Å². The predicted octanol–water partition coefficient (Wildman–Crippen LogP) is 6.12. The Kier molecular flexibility index (Phi) is 4.24. The summed E-state index contributed by atoms with van der Waals surface area (Å²) in [5.74, 6) is 0.733. The van der Waals surface area contributed by atoms with E-state index in [4.69, 9.17) is 4.99 Å². The zero-order valence-corrected chi connectivity index (χ0v) is 13.7. The molecule has 0 unspecified atom stereocenters. The first-order valence-corrected chi connectivity index (χ1v) is 8.70. The van der Waals surface area contributed by atoms with Gasteiger partial charge in [0.15, 0.2) is 0 Å². The van der Waals surface area contributed by atoms with E-state index in [0.29, 0.717) is 0 Å². The van der Waals surface area contributed by atoms with Crippen molar-refractivity contribution in [2.75, 3.05) is 0 Å². The monoisotopic (exact) mass is 311 g/mol. The van der Waals surface area contributed by atoms with Crippen molar-refractivity contribution in [2.24, 2.45) is 4.99 Å². The summed E-state index contributed by atoms with van der Waals surface area (Å²) in [6.45, 7) is 0. The predicted molar refractivity (Wildman–Crippen MR) is 101 cm³/mol. The van der Waals surface area contributed by atoms with E-state index in [-0.39, 0.29) is 0 Å². The summed E-state index contributed by atoms with van der Waals surface area (Å²) in [6, 6.07) is 29.6. The molecule has 0 amide bonds. The van der Waals surface area contributed by atoms with Gasteiger partial charge in [0, 0.05) is 11.1 Å². The lowest BCUT2D eigenvalue weighted by atomic mass is 9.80. The van der Waals surface area contributed by atoms with E-state index >= 15 is 0 Å². The molecular weight excluding hydrogens is 290 g/mol. The molecule has 0 radical (unpaired) electrons. The van der Waals surface area contributed by atoms with Crippen LogP contribution in [0.5, 0.6) is 0 Å². The highest BCUT2D eigenvalue weighted by Gasteiger charge is 2.19. The van der Waals surface area contributed by atoms with Gasteiger partial charge >= 0.3 is 0 Å². The number of benzene rings is 3. The van der Waals surface area contributed by atoms with Crippen LogP contribution in [-0.2, 0) is 0 Å². The lowest BCUT2D eigenvalue weighted by molar-refractivity contribution is 0.420. The third-order valence-corrected chi connectivity index (χ3v) is 4.78. The second-order valence-corrected chi connectivity index (χ2v) is 6.42. The highest BCUT2D eigenvalue weighted by molar-refractivity contribution is 6.13. The van der Waals surface area contributed by atoms with E-state index in [1.54, 1.807) is 0 Å². The van der Waals surface area contributed by atoms with Gasteiger partial charge in [-0.1, -0.05) is 79.2 Å². The smallest absolute Gasteiger partial charge is 0.0781 e. The van der Waals surface area contributed by atoms with E-state index in [1.165, 1.54) is 24.8 Å². The molecule has 0 spiro atoms. The van der Waals surface area contributed by atoms with Crippen molar-refractivity contribution in [3.63, 3.8) is 0 Å². The maximum Gasteiger partial charge on any atom is 0.0781 e. The van der Waals surface area contributed by atoms with Gasteiger partial charge in [-0.05, 0) is 36.5 Å². The van der Waals surface area contributed by atoms with Gasteiger partial charge < -0.3 is 0 Å². The lowest BCUT2D eigenvalue weighted by Crippen LogP contribution is -2.08. The molecule has 1 nitrogen and oxygen atoms in total. The lowest BCUT2D eigenvalue weighted by Gasteiger charge is -2.25. The maximum atomic E-state index is 5.02. The third kappa shape index (κ3) is 3.16. The summed E-state index contributed by atoms with van der Waals surface area (Å²) in [5.41, 5.74) is 5.81. The van der Waals surface area contributed by atoms with Crippen molar-refractivity contribution in [2.45, 2.75) is 25.2 Å². The SMILES string of the molecule is c1ccc(C(=Nc2cccc(C3CCC3)c2)c2ccccc2)cc1. The molecule has 118 valence electrons. The molecule has 24 heavy (non-hydrogen) atoms. The van der Waals surface area contributed by atoms with Crippen LogP contribution in [0, 0.1) is 0 Å². The summed E-state index contributed by atoms with van der Waals surface area (Å²) in [4.78, 5) is 5.02. The third-order valence-electron chi connectivity index (χ3n) is 4.78. The molecule has 4 rings (SSSR count). The Morgan fingerprint density at radius 1 is 0.708 bits per heavy atom. The normalized spacial score (nSPS) is 14.0. The standard InChI is InChI=1S/C23H21N/c1-3-9-19(10-4-1)23(20-11-5-2-6-12-20)24-22-16-8-15-21(17-22)18-13-7-14-18/h1-6,8-12,15-18H,7,13-14H2. The Balaban J connectivity index is 1.77. The fourth-order valence-corrected chi connectivity index (χ4v) is 3.21. The molecular formula is C23H21N. The molecule has 3 aromatic carbocycles. The number of nitrogens with zero attached hydrogens (tertiary/aromatic N) is 1. The van der Waals surface area contributed by atoms with Crippen LogP contribution >= 0.6 is 0 Å². The summed E-state index contributed by atoms with van der Waals surface area (Å²) in [7, 11) is 0. The average Bonchev–Trinajstić information content (AvgIpc) is 2.60. The van der Waals surface area contributed by atoms with Gasteiger partial charge in [-0.2, -0.15) is 0 Å². The maximum absolute atomic E-state index is 5.02. The number of rotatable bonds is 4. The van der Waals surface area contributed by atoms with Gasteiger partial charge in [0.25, 0.3) is 0 Å². The van der Waals surface area contributed by atoms with Crippen molar-refractivity contribution < 1.29 is 0 Å². The second-order valence-electron chi connectivity index (χ2n) is 6.42. The van der Waals surface area contributed by atoms with Crippen LogP contribution in [0.1, 0.15) is 41.9 Å². The fraction of sp³-hybridized carbons (Fsp3) is 0.174. The van der Waals surface area contributed by atoms with Gasteiger partial charge in [-0.3, -0.25) is 0 Å². The van der Waals surface area contributed by atoms with Crippen molar-refractivity contribution >= 4 is 11.4 Å². The molecule has 0 N–H and O–H groups in total. The van der Waals surface area contributed by atoms with Crippen LogP contribution in [0.2, 0.25) is 0 Å². The molecule has 3 aromatic rings. The van der Waals surface area contributed by atoms with Crippen LogP contribution in [0.4, 0.5) is 5.69 Å². The van der Waals surface area contributed by atoms with Gasteiger partial charge in [-0.25, -0.2) is 4.99 Å². The van der Waals surface area contributed by atoms with Crippen LogP contribution in [0.25, 0.3) is 0 Å². The highest BCUT2D eigenvalue weighted by atomic mass is 14.7. The Hall–Kier alpha value is -2.67.